The van der Waals surface area contributed by atoms with Crippen molar-refractivity contribution in [1.29, 1.82) is 0 Å². The highest BCUT2D eigenvalue weighted by Crippen LogP contribution is 2.05. The van der Waals surface area contributed by atoms with Crippen LogP contribution in [0.5, 0.6) is 0 Å². The Labute approximate surface area is 134 Å². The number of carboxylic acids is 1. The molecular formula is C13H26N4O6. The van der Waals surface area contributed by atoms with Crippen LogP contribution in [0.25, 0.3) is 0 Å². The first kappa shape index (κ1) is 21.2. The SMILES string of the molecule is C[C@@H](OC(=O)[C@@H](N)CCCCN)[C@H](N)C(=O)OC[C@H](N)C(=O)O. The first-order valence-electron chi connectivity index (χ1n) is 7.27. The minimum atomic E-state index is -1.35. The number of nitrogens with two attached hydrogens (primary N) is 4. The standard InChI is InChI=1S/C13H26N4O6/c1-7(23-12(20)8(15)4-2-3-5-14)10(17)13(21)22-6-9(16)11(18)19/h7-10H,2-6,14-17H2,1H3,(H,18,19)/t7-,8+,9+,10+/m1/s1. The summed E-state index contributed by atoms with van der Waals surface area (Å²) in [6, 6.07) is -3.44. The van der Waals surface area contributed by atoms with Crippen molar-refractivity contribution >= 4 is 17.9 Å². The summed E-state index contributed by atoms with van der Waals surface area (Å²) in [7, 11) is 0. The Morgan fingerprint density at radius 3 is 2.17 bits per heavy atom. The van der Waals surface area contributed by atoms with E-state index in [1.807, 2.05) is 0 Å². The molecule has 0 fully saturated rings. The van der Waals surface area contributed by atoms with Crippen molar-refractivity contribution in [2.45, 2.75) is 50.4 Å². The molecule has 0 aromatic rings. The van der Waals surface area contributed by atoms with E-state index in [4.69, 9.17) is 32.8 Å². The lowest BCUT2D eigenvalue weighted by Crippen LogP contribution is -2.47. The number of unbranched alkanes of at least 4 members (excludes halogenated alkanes) is 1. The van der Waals surface area contributed by atoms with Crippen molar-refractivity contribution in [2.24, 2.45) is 22.9 Å². The van der Waals surface area contributed by atoms with Crippen molar-refractivity contribution in [3.8, 4) is 0 Å². The van der Waals surface area contributed by atoms with Gasteiger partial charge in [-0.25, -0.2) is 0 Å². The van der Waals surface area contributed by atoms with Crippen LogP contribution < -0.4 is 22.9 Å². The molecule has 0 aliphatic carbocycles. The van der Waals surface area contributed by atoms with Gasteiger partial charge in [-0.3, -0.25) is 14.4 Å². The highest BCUT2D eigenvalue weighted by molar-refractivity contribution is 5.79. The number of carbonyl (C=O) groups excluding carboxylic acids is 2. The third-order valence-corrected chi connectivity index (χ3v) is 3.07. The third-order valence-electron chi connectivity index (χ3n) is 3.07. The van der Waals surface area contributed by atoms with E-state index >= 15 is 0 Å². The van der Waals surface area contributed by atoms with E-state index in [0.29, 0.717) is 19.4 Å². The van der Waals surface area contributed by atoms with Gasteiger partial charge >= 0.3 is 17.9 Å². The van der Waals surface area contributed by atoms with Crippen molar-refractivity contribution < 1.29 is 29.0 Å². The number of esters is 2. The number of rotatable bonds is 11. The summed E-state index contributed by atoms with van der Waals surface area (Å²) < 4.78 is 9.67. The number of aliphatic carboxylic acids is 1. The van der Waals surface area contributed by atoms with Gasteiger partial charge in [0.15, 0.2) is 0 Å². The van der Waals surface area contributed by atoms with Gasteiger partial charge in [0, 0.05) is 0 Å². The zero-order valence-corrected chi connectivity index (χ0v) is 13.1. The minimum absolute atomic E-state index is 0.413. The molecule has 10 heteroatoms. The van der Waals surface area contributed by atoms with E-state index < -0.39 is 48.7 Å². The second-order valence-corrected chi connectivity index (χ2v) is 5.13. The Hall–Kier alpha value is -1.75. The molecule has 0 amide bonds. The molecule has 0 aromatic carbocycles. The summed E-state index contributed by atoms with van der Waals surface area (Å²) >= 11 is 0. The van der Waals surface area contributed by atoms with E-state index in [1.54, 1.807) is 0 Å². The number of hydrogen-bond acceptors (Lipinski definition) is 9. The Morgan fingerprint density at radius 2 is 1.65 bits per heavy atom. The van der Waals surface area contributed by atoms with Crippen LogP contribution in [0.1, 0.15) is 26.2 Å². The molecule has 0 rings (SSSR count). The summed E-state index contributed by atoms with van der Waals surface area (Å²) in [5.74, 6) is -2.91. The number of ether oxygens (including phenoxy) is 2. The van der Waals surface area contributed by atoms with Crippen LogP contribution in [0.4, 0.5) is 0 Å². The zero-order valence-electron chi connectivity index (χ0n) is 13.1. The van der Waals surface area contributed by atoms with Crippen LogP contribution in [0.2, 0.25) is 0 Å². The molecule has 23 heavy (non-hydrogen) atoms. The summed E-state index contributed by atoms with van der Waals surface area (Å²) in [5, 5.41) is 8.57. The molecule has 134 valence electrons. The smallest absolute Gasteiger partial charge is 0.326 e. The van der Waals surface area contributed by atoms with Crippen LogP contribution in [-0.4, -0.2) is 60.4 Å². The predicted octanol–water partition coefficient (Wildman–Crippen LogP) is -2.34. The average molecular weight is 334 g/mol. The molecule has 4 atom stereocenters. The van der Waals surface area contributed by atoms with Crippen molar-refractivity contribution in [3.05, 3.63) is 0 Å². The van der Waals surface area contributed by atoms with Crippen molar-refractivity contribution in [3.63, 3.8) is 0 Å². The maximum atomic E-state index is 11.7. The molecule has 10 nitrogen and oxygen atoms in total. The average Bonchev–Trinajstić information content (AvgIpc) is 2.51. The lowest BCUT2D eigenvalue weighted by molar-refractivity contribution is -0.158. The quantitative estimate of drug-likeness (QED) is 0.202. The van der Waals surface area contributed by atoms with Gasteiger partial charge in [0.2, 0.25) is 0 Å². The molecule has 0 bridgehead atoms. The van der Waals surface area contributed by atoms with Gasteiger partial charge in [-0.1, -0.05) is 6.42 Å². The lowest BCUT2D eigenvalue weighted by Gasteiger charge is -2.21. The van der Waals surface area contributed by atoms with Crippen molar-refractivity contribution in [1.82, 2.24) is 0 Å². The van der Waals surface area contributed by atoms with Gasteiger partial charge < -0.3 is 37.5 Å². The summed E-state index contributed by atoms with van der Waals surface area (Å²) in [6.07, 6.45) is 0.862. The Morgan fingerprint density at radius 1 is 1.04 bits per heavy atom. The monoisotopic (exact) mass is 334 g/mol. The maximum absolute atomic E-state index is 11.7. The van der Waals surface area contributed by atoms with E-state index in [1.165, 1.54) is 6.92 Å². The summed E-state index contributed by atoms with van der Waals surface area (Å²) in [5.41, 5.74) is 21.8. The number of carboxylic acid groups (broad SMARTS) is 1. The second-order valence-electron chi connectivity index (χ2n) is 5.13. The Balaban J connectivity index is 4.26. The van der Waals surface area contributed by atoms with Crippen LogP contribution in [0, 0.1) is 0 Å². The maximum Gasteiger partial charge on any atom is 0.326 e. The highest BCUT2D eigenvalue weighted by atomic mass is 16.6. The van der Waals surface area contributed by atoms with Crippen molar-refractivity contribution in [2.75, 3.05) is 13.2 Å². The van der Waals surface area contributed by atoms with E-state index in [-0.39, 0.29) is 0 Å². The molecule has 0 saturated carbocycles. The van der Waals surface area contributed by atoms with Gasteiger partial charge in [0.25, 0.3) is 0 Å². The molecule has 0 saturated heterocycles. The first-order chi connectivity index (χ1) is 10.7. The summed E-state index contributed by atoms with van der Waals surface area (Å²) in [4.78, 5) is 33.9. The highest BCUT2D eigenvalue weighted by Gasteiger charge is 2.28. The molecule has 0 radical (unpaired) electrons. The normalized spacial score (nSPS) is 16.0. The zero-order chi connectivity index (χ0) is 18.0. The molecule has 0 spiro atoms. The number of hydrogen-bond donors (Lipinski definition) is 5. The van der Waals surface area contributed by atoms with E-state index in [9.17, 15) is 14.4 Å². The molecule has 0 unspecified atom stereocenters. The van der Waals surface area contributed by atoms with Gasteiger partial charge in [-0.05, 0) is 26.3 Å². The molecule has 0 aromatic heterocycles. The lowest BCUT2D eigenvalue weighted by atomic mass is 10.1. The molecule has 0 heterocycles. The van der Waals surface area contributed by atoms with Gasteiger partial charge in [0.05, 0.1) is 0 Å². The van der Waals surface area contributed by atoms with Crippen LogP contribution >= 0.6 is 0 Å². The largest absolute Gasteiger partial charge is 0.480 e. The Bertz CT molecular complexity index is 406. The molecule has 9 N–H and O–H groups in total. The fourth-order valence-corrected chi connectivity index (χ4v) is 1.50. The minimum Gasteiger partial charge on any atom is -0.480 e. The van der Waals surface area contributed by atoms with E-state index in [0.717, 1.165) is 6.42 Å². The van der Waals surface area contributed by atoms with Gasteiger partial charge in [-0.15, -0.1) is 0 Å². The topological polar surface area (TPSA) is 194 Å². The van der Waals surface area contributed by atoms with Crippen LogP contribution in [-0.2, 0) is 23.9 Å². The fourth-order valence-electron chi connectivity index (χ4n) is 1.50. The number of carbonyl (C=O) groups is 3. The van der Waals surface area contributed by atoms with Gasteiger partial charge in [-0.2, -0.15) is 0 Å². The molecule has 0 aliphatic heterocycles. The first-order valence-corrected chi connectivity index (χ1v) is 7.27. The third kappa shape index (κ3) is 8.45. The molecule has 0 aliphatic rings. The van der Waals surface area contributed by atoms with Crippen LogP contribution in [0.15, 0.2) is 0 Å². The van der Waals surface area contributed by atoms with Crippen LogP contribution in [0.3, 0.4) is 0 Å². The fraction of sp³-hybridized carbons (Fsp3) is 0.769. The summed E-state index contributed by atoms with van der Waals surface area (Å²) in [6.45, 7) is 1.39. The molecular weight excluding hydrogens is 308 g/mol. The van der Waals surface area contributed by atoms with Gasteiger partial charge in [0.1, 0.15) is 30.8 Å². The predicted molar refractivity (Wildman–Crippen MR) is 81.0 cm³/mol. The second kappa shape index (κ2) is 10.9. The van der Waals surface area contributed by atoms with E-state index in [2.05, 4.69) is 4.74 Å². The Kier molecular flexibility index (Phi) is 10.1.